The minimum absolute atomic E-state index is 0.128. The molecule has 164 valence electrons. The van der Waals surface area contributed by atoms with Gasteiger partial charge in [-0.15, -0.1) is 0 Å². The third kappa shape index (κ3) is 3.68. The number of aromatic nitrogens is 6. The highest BCUT2D eigenvalue weighted by Gasteiger charge is 2.32. The average Bonchev–Trinajstić information content (AvgIpc) is 3.30. The normalized spacial score (nSPS) is 15.6. The number of anilines is 2. The number of fused-ring (bicyclic) bond motifs is 1. The van der Waals surface area contributed by atoms with Crippen LogP contribution in [0.4, 0.5) is 16.4 Å². The molecule has 1 atom stereocenters. The molecule has 1 saturated heterocycles. The van der Waals surface area contributed by atoms with E-state index in [1.54, 1.807) is 27.8 Å². The Morgan fingerprint density at radius 1 is 1.25 bits per heavy atom. The van der Waals surface area contributed by atoms with Gasteiger partial charge in [0.15, 0.2) is 11.6 Å². The number of carbonyl (C=O) groups is 1. The summed E-state index contributed by atoms with van der Waals surface area (Å²) in [5.74, 6) is 1.88. The first-order chi connectivity index (χ1) is 15.5. The number of hydrogen-bond acceptors (Lipinski definition) is 7. The zero-order chi connectivity index (χ0) is 22.2. The van der Waals surface area contributed by atoms with Crippen molar-refractivity contribution in [2.45, 2.75) is 19.4 Å². The van der Waals surface area contributed by atoms with Crippen molar-refractivity contribution in [3.8, 4) is 17.0 Å². The molecule has 0 aliphatic carbocycles. The number of rotatable bonds is 6. The number of nitrogens with one attached hydrogen (secondary N) is 1. The minimum atomic E-state index is -0.913. The summed E-state index contributed by atoms with van der Waals surface area (Å²) in [5.41, 5.74) is 3.46. The molecule has 0 bridgehead atoms. The Balaban J connectivity index is 1.37. The Morgan fingerprint density at radius 3 is 2.84 bits per heavy atom. The number of pyridine rings is 1. The number of likely N-dealkylation sites (tertiary alicyclic amines) is 1. The highest BCUT2D eigenvalue weighted by molar-refractivity contribution is 5.72. The van der Waals surface area contributed by atoms with Crippen LogP contribution in [0.2, 0.25) is 0 Å². The first-order valence-corrected chi connectivity index (χ1v) is 10.2. The zero-order valence-corrected chi connectivity index (χ0v) is 17.6. The molecule has 0 spiro atoms. The number of nitrogens with zero attached hydrogens (tertiary/aromatic N) is 7. The minimum Gasteiger partial charge on any atom is -0.487 e. The van der Waals surface area contributed by atoms with Gasteiger partial charge in [0.25, 0.3) is 0 Å². The van der Waals surface area contributed by atoms with E-state index in [-0.39, 0.29) is 6.04 Å². The Bertz CT molecular complexity index is 1280. The molecule has 1 aliphatic rings. The van der Waals surface area contributed by atoms with Crippen LogP contribution in [0.5, 0.6) is 5.75 Å². The fourth-order valence-electron chi connectivity index (χ4n) is 3.70. The molecule has 0 saturated carbocycles. The van der Waals surface area contributed by atoms with E-state index in [2.05, 4.69) is 25.5 Å². The average molecular weight is 434 g/mol. The molecule has 32 heavy (non-hydrogen) atoms. The Kier molecular flexibility index (Phi) is 4.85. The van der Waals surface area contributed by atoms with Gasteiger partial charge in [-0.2, -0.15) is 10.2 Å². The second-order valence-corrected chi connectivity index (χ2v) is 7.69. The lowest BCUT2D eigenvalue weighted by molar-refractivity contribution is 0.0501. The molecule has 1 fully saturated rings. The Morgan fingerprint density at radius 2 is 2.12 bits per heavy atom. The Labute approximate surface area is 183 Å². The van der Waals surface area contributed by atoms with E-state index >= 15 is 0 Å². The summed E-state index contributed by atoms with van der Waals surface area (Å²) in [7, 11) is 1.85. The van der Waals surface area contributed by atoms with Gasteiger partial charge in [0, 0.05) is 31.4 Å². The van der Waals surface area contributed by atoms with Crippen LogP contribution < -0.4 is 10.1 Å². The van der Waals surface area contributed by atoms with E-state index in [9.17, 15) is 9.90 Å². The van der Waals surface area contributed by atoms with E-state index < -0.39 is 6.09 Å². The molecule has 1 aliphatic heterocycles. The van der Waals surface area contributed by atoms with Gasteiger partial charge in [-0.05, 0) is 25.5 Å². The van der Waals surface area contributed by atoms with Crippen LogP contribution in [0.15, 0.2) is 43.0 Å². The van der Waals surface area contributed by atoms with E-state index in [1.165, 1.54) is 4.90 Å². The van der Waals surface area contributed by atoms with Crippen molar-refractivity contribution in [3.63, 3.8) is 0 Å². The SMILES string of the molecule is Cc1cnc(Nc2cc3cc(-c4c(OCC5CCN5C(=O)O)cnn4C)ccn3n2)cn1. The highest BCUT2D eigenvalue weighted by Crippen LogP contribution is 2.31. The summed E-state index contributed by atoms with van der Waals surface area (Å²) in [6.45, 7) is 2.73. The third-order valence-electron chi connectivity index (χ3n) is 5.50. The van der Waals surface area contributed by atoms with Crippen LogP contribution in [0, 0.1) is 6.92 Å². The summed E-state index contributed by atoms with van der Waals surface area (Å²) in [4.78, 5) is 21.1. The summed E-state index contributed by atoms with van der Waals surface area (Å²) in [5, 5.41) is 21.2. The number of amides is 1. The highest BCUT2D eigenvalue weighted by atomic mass is 16.5. The fourth-order valence-corrected chi connectivity index (χ4v) is 3.70. The molecule has 4 aromatic heterocycles. The van der Waals surface area contributed by atoms with Crippen LogP contribution >= 0.6 is 0 Å². The molecule has 5 heterocycles. The van der Waals surface area contributed by atoms with Crippen molar-refractivity contribution < 1.29 is 14.6 Å². The van der Waals surface area contributed by atoms with Crippen LogP contribution in [-0.2, 0) is 7.05 Å². The van der Waals surface area contributed by atoms with Gasteiger partial charge < -0.3 is 20.1 Å². The van der Waals surface area contributed by atoms with Gasteiger partial charge >= 0.3 is 6.09 Å². The lowest BCUT2D eigenvalue weighted by Gasteiger charge is -2.38. The largest absolute Gasteiger partial charge is 0.487 e. The number of hydrogen-bond donors (Lipinski definition) is 2. The molecule has 4 aromatic rings. The van der Waals surface area contributed by atoms with E-state index in [0.29, 0.717) is 30.5 Å². The number of ether oxygens (including phenoxy) is 1. The predicted molar refractivity (Wildman–Crippen MR) is 116 cm³/mol. The van der Waals surface area contributed by atoms with Crippen molar-refractivity contribution in [2.75, 3.05) is 18.5 Å². The lowest BCUT2D eigenvalue weighted by atomic mass is 10.1. The Hall–Kier alpha value is -4.15. The molecule has 2 N–H and O–H groups in total. The summed E-state index contributed by atoms with van der Waals surface area (Å²) in [6.07, 6.45) is 6.76. The topological polar surface area (TPSA) is 123 Å². The molecule has 0 aromatic carbocycles. The van der Waals surface area contributed by atoms with Gasteiger partial charge in [0.05, 0.1) is 35.8 Å². The van der Waals surface area contributed by atoms with Gasteiger partial charge in [-0.1, -0.05) is 0 Å². The first kappa shape index (κ1) is 19.8. The first-order valence-electron chi connectivity index (χ1n) is 10.2. The maximum Gasteiger partial charge on any atom is 0.407 e. The van der Waals surface area contributed by atoms with Gasteiger partial charge in [0.1, 0.15) is 18.1 Å². The van der Waals surface area contributed by atoms with E-state index in [4.69, 9.17) is 4.74 Å². The van der Waals surface area contributed by atoms with Crippen molar-refractivity contribution in [1.29, 1.82) is 0 Å². The fraction of sp³-hybridized carbons (Fsp3) is 0.286. The quantitative estimate of drug-likeness (QED) is 0.475. The molecule has 0 radical (unpaired) electrons. The van der Waals surface area contributed by atoms with E-state index in [1.807, 2.05) is 38.4 Å². The van der Waals surface area contributed by atoms with Crippen molar-refractivity contribution >= 4 is 23.2 Å². The maximum absolute atomic E-state index is 11.2. The standard InChI is InChI=1S/C21H22N8O3/c1-13-9-23-19(11-22-13)25-18-8-16-7-14(3-6-29(16)26-18)20-17(10-24-27(20)2)32-12-15-4-5-28(15)21(30)31/h3,6-11,15H,4-5,12H2,1-2H3,(H,30,31)(H,23,25,26). The second-order valence-electron chi connectivity index (χ2n) is 7.69. The second kappa shape index (κ2) is 7.84. The zero-order valence-electron chi connectivity index (χ0n) is 17.6. The van der Waals surface area contributed by atoms with Gasteiger partial charge in [0.2, 0.25) is 0 Å². The molecule has 1 unspecified atom stereocenters. The smallest absolute Gasteiger partial charge is 0.407 e. The monoisotopic (exact) mass is 434 g/mol. The summed E-state index contributed by atoms with van der Waals surface area (Å²) in [6, 6.07) is 5.72. The van der Waals surface area contributed by atoms with Crippen molar-refractivity contribution in [3.05, 3.63) is 48.7 Å². The third-order valence-corrected chi connectivity index (χ3v) is 5.50. The van der Waals surface area contributed by atoms with Crippen LogP contribution in [0.1, 0.15) is 12.1 Å². The molecule has 5 rings (SSSR count). The molecular formula is C21H22N8O3. The lowest BCUT2D eigenvalue weighted by Crippen LogP contribution is -2.53. The maximum atomic E-state index is 11.2. The van der Waals surface area contributed by atoms with E-state index in [0.717, 1.165) is 28.9 Å². The van der Waals surface area contributed by atoms with Gasteiger partial charge in [-0.3, -0.25) is 9.67 Å². The van der Waals surface area contributed by atoms with Crippen LogP contribution in [0.25, 0.3) is 16.8 Å². The molecule has 1 amide bonds. The molecular weight excluding hydrogens is 412 g/mol. The molecule has 11 nitrogen and oxygen atoms in total. The number of aryl methyl sites for hydroxylation is 2. The van der Waals surface area contributed by atoms with Crippen molar-refractivity contribution in [2.24, 2.45) is 7.05 Å². The van der Waals surface area contributed by atoms with Crippen LogP contribution in [0.3, 0.4) is 0 Å². The summed E-state index contributed by atoms with van der Waals surface area (Å²) >= 11 is 0. The number of carboxylic acid groups (broad SMARTS) is 1. The predicted octanol–water partition coefficient (Wildman–Crippen LogP) is 2.71. The molecule has 11 heteroatoms. The summed E-state index contributed by atoms with van der Waals surface area (Å²) < 4.78 is 9.48. The van der Waals surface area contributed by atoms with Crippen LogP contribution in [-0.4, -0.2) is 64.7 Å². The van der Waals surface area contributed by atoms with Gasteiger partial charge in [-0.25, -0.2) is 14.3 Å². The van der Waals surface area contributed by atoms with Crippen molar-refractivity contribution in [1.82, 2.24) is 34.3 Å².